The highest BCUT2D eigenvalue weighted by molar-refractivity contribution is 5.73. The van der Waals surface area contributed by atoms with E-state index in [1.54, 1.807) is 27.7 Å². The average molecular weight is 472 g/mol. The van der Waals surface area contributed by atoms with Crippen LogP contribution in [0.15, 0.2) is 0 Å². The molecule has 188 valence electrons. The number of hydrogen-bond acceptors (Lipinski definition) is 12. The molecule has 0 spiro atoms. The second-order valence-electron chi connectivity index (χ2n) is 7.84. The summed E-state index contributed by atoms with van der Waals surface area (Å²) in [5, 5.41) is 74.0. The third-order valence-corrected chi connectivity index (χ3v) is 4.44. The molecule has 0 aromatic rings. The molecule has 0 saturated carbocycles. The lowest BCUT2D eigenvalue weighted by Gasteiger charge is -2.39. The molecule has 2 rings (SSSR count). The molecule has 2 fully saturated rings. The number of rotatable bonds is 6. The number of aliphatic carboxylic acids is 2. The maximum absolute atomic E-state index is 10.7. The van der Waals surface area contributed by atoms with Crippen molar-refractivity contribution >= 4 is 11.9 Å². The molecule has 2 saturated heterocycles. The zero-order valence-electron chi connectivity index (χ0n) is 18.0. The van der Waals surface area contributed by atoms with E-state index in [0.29, 0.717) is 0 Å². The molecule has 0 bridgehead atoms. The molecule has 0 aromatic heterocycles. The van der Waals surface area contributed by atoms with Crippen molar-refractivity contribution in [2.24, 2.45) is 0 Å². The highest BCUT2D eigenvalue weighted by atomic mass is 16.7. The summed E-state index contributed by atoms with van der Waals surface area (Å²) in [7, 11) is 0. The lowest BCUT2D eigenvalue weighted by atomic mass is 9.99. The number of ether oxygens (including phenoxy) is 4. The fourth-order valence-electron chi connectivity index (χ4n) is 2.87. The Labute approximate surface area is 183 Å². The van der Waals surface area contributed by atoms with Crippen LogP contribution in [0.4, 0.5) is 0 Å². The minimum Gasteiger partial charge on any atom is -0.479 e. The topological polar surface area (TPSA) is 233 Å². The molecular formula is C18H32O14. The zero-order chi connectivity index (χ0) is 24.9. The highest BCUT2D eigenvalue weighted by Crippen LogP contribution is 2.24. The van der Waals surface area contributed by atoms with Crippen LogP contribution in [-0.2, 0) is 28.5 Å². The van der Waals surface area contributed by atoms with Gasteiger partial charge in [0.05, 0.1) is 12.2 Å². The van der Waals surface area contributed by atoms with Crippen LogP contribution in [0.1, 0.15) is 27.7 Å². The smallest absolute Gasteiger partial charge is 0.335 e. The third kappa shape index (κ3) is 7.28. The Kier molecular flexibility index (Phi) is 10.8. The summed E-state index contributed by atoms with van der Waals surface area (Å²) < 4.78 is 19.9. The van der Waals surface area contributed by atoms with Gasteiger partial charge in [0.1, 0.15) is 36.6 Å². The molecule has 0 aliphatic carbocycles. The largest absolute Gasteiger partial charge is 0.479 e. The average Bonchev–Trinajstić information content (AvgIpc) is 2.68. The summed E-state index contributed by atoms with van der Waals surface area (Å²) in [4.78, 5) is 21.4. The second-order valence-corrected chi connectivity index (χ2v) is 7.84. The van der Waals surface area contributed by atoms with E-state index in [-0.39, 0.29) is 12.2 Å². The Bertz CT molecular complexity index is 560. The molecule has 10 atom stereocenters. The molecule has 0 amide bonds. The van der Waals surface area contributed by atoms with Gasteiger partial charge in [-0.05, 0) is 27.7 Å². The summed E-state index contributed by atoms with van der Waals surface area (Å²) >= 11 is 0. The molecule has 2 aliphatic heterocycles. The van der Waals surface area contributed by atoms with Crippen LogP contribution in [0.5, 0.6) is 0 Å². The molecular weight excluding hydrogens is 440 g/mol. The SMILES string of the molecule is CC(C)O[C@@H]1OC(C(=O)O)[C@@H](O)[C@H](O)C1O.CC(C)O[C@H]1OC(C(=O)O)[C@@H](O)[C@H](O)C1O. The molecule has 4 unspecified atom stereocenters. The Morgan fingerprint density at radius 1 is 0.594 bits per heavy atom. The van der Waals surface area contributed by atoms with E-state index in [0.717, 1.165) is 0 Å². The number of aliphatic hydroxyl groups excluding tert-OH is 6. The normalized spacial score (nSPS) is 40.0. The molecule has 2 aliphatic rings. The van der Waals surface area contributed by atoms with Crippen molar-refractivity contribution in [3.05, 3.63) is 0 Å². The van der Waals surface area contributed by atoms with Gasteiger partial charge in [-0.2, -0.15) is 0 Å². The number of aliphatic hydroxyl groups is 6. The van der Waals surface area contributed by atoms with Crippen molar-refractivity contribution in [3.63, 3.8) is 0 Å². The maximum Gasteiger partial charge on any atom is 0.335 e. The van der Waals surface area contributed by atoms with Crippen molar-refractivity contribution < 1.29 is 69.4 Å². The van der Waals surface area contributed by atoms with Crippen LogP contribution >= 0.6 is 0 Å². The van der Waals surface area contributed by atoms with Gasteiger partial charge >= 0.3 is 11.9 Å². The Hall–Kier alpha value is -1.46. The van der Waals surface area contributed by atoms with E-state index < -0.39 is 73.4 Å². The molecule has 0 aromatic carbocycles. The van der Waals surface area contributed by atoms with E-state index in [2.05, 4.69) is 0 Å². The third-order valence-electron chi connectivity index (χ3n) is 4.44. The van der Waals surface area contributed by atoms with E-state index in [1.165, 1.54) is 0 Å². The van der Waals surface area contributed by atoms with Crippen LogP contribution < -0.4 is 0 Å². The predicted molar refractivity (Wildman–Crippen MR) is 101 cm³/mol. The maximum atomic E-state index is 10.7. The molecule has 2 heterocycles. The van der Waals surface area contributed by atoms with Crippen molar-refractivity contribution in [2.45, 2.75) is 101 Å². The first-order chi connectivity index (χ1) is 14.7. The van der Waals surface area contributed by atoms with Crippen LogP contribution in [-0.4, -0.2) is 126 Å². The quantitative estimate of drug-likeness (QED) is 0.188. The van der Waals surface area contributed by atoms with Gasteiger partial charge in [-0.3, -0.25) is 0 Å². The molecule has 14 heteroatoms. The fraction of sp³-hybridized carbons (Fsp3) is 0.889. The highest BCUT2D eigenvalue weighted by Gasteiger charge is 2.48. The number of carboxylic acids is 2. The Balaban J connectivity index is 0.000000320. The van der Waals surface area contributed by atoms with Crippen LogP contribution in [0.3, 0.4) is 0 Å². The van der Waals surface area contributed by atoms with Crippen molar-refractivity contribution in [1.29, 1.82) is 0 Å². The van der Waals surface area contributed by atoms with Gasteiger partial charge in [0.15, 0.2) is 24.8 Å². The van der Waals surface area contributed by atoms with Crippen LogP contribution in [0.2, 0.25) is 0 Å². The predicted octanol–water partition coefficient (Wildman–Crippen LogP) is -3.39. The minimum atomic E-state index is -1.68. The van der Waals surface area contributed by atoms with E-state index in [1.807, 2.05) is 0 Å². The molecule has 32 heavy (non-hydrogen) atoms. The Morgan fingerprint density at radius 2 is 0.875 bits per heavy atom. The number of carbonyl (C=O) groups is 2. The molecule has 14 nitrogen and oxygen atoms in total. The summed E-state index contributed by atoms with van der Waals surface area (Å²) in [5.41, 5.74) is 0. The van der Waals surface area contributed by atoms with E-state index in [4.69, 9.17) is 29.2 Å². The van der Waals surface area contributed by atoms with E-state index >= 15 is 0 Å². The standard InChI is InChI=1S/2C9H16O7/c2*1-3(2)15-9-6(12)4(10)5(11)7(16-9)8(13)14/h2*3-7,9-12H,1-2H3,(H,13,14)/t4-,5-,6?,7?,9+;4-,5-,6?,7?,9-/m00/s1. The lowest BCUT2D eigenvalue weighted by molar-refractivity contribution is -0.301. The lowest BCUT2D eigenvalue weighted by Crippen LogP contribution is -2.60. The number of hydrogen-bond donors (Lipinski definition) is 8. The monoisotopic (exact) mass is 472 g/mol. The van der Waals surface area contributed by atoms with Crippen LogP contribution in [0, 0.1) is 0 Å². The number of carboxylic acid groups (broad SMARTS) is 2. The second kappa shape index (κ2) is 12.1. The summed E-state index contributed by atoms with van der Waals surface area (Å²) in [6.45, 7) is 6.68. The van der Waals surface area contributed by atoms with Gasteiger partial charge in [-0.15, -0.1) is 0 Å². The Morgan fingerprint density at radius 3 is 1.09 bits per heavy atom. The molecule has 8 N–H and O–H groups in total. The minimum absolute atomic E-state index is 0.309. The van der Waals surface area contributed by atoms with Crippen LogP contribution in [0.25, 0.3) is 0 Å². The van der Waals surface area contributed by atoms with Gasteiger partial charge in [0, 0.05) is 0 Å². The summed E-state index contributed by atoms with van der Waals surface area (Å²) in [6, 6.07) is 0. The van der Waals surface area contributed by atoms with Gasteiger partial charge in [-0.25, -0.2) is 9.59 Å². The van der Waals surface area contributed by atoms with Gasteiger partial charge in [0.2, 0.25) is 0 Å². The first-order valence-corrected chi connectivity index (χ1v) is 9.84. The first kappa shape index (κ1) is 28.6. The summed E-state index contributed by atoms with van der Waals surface area (Å²) in [6.07, 6.45) is -15.9. The van der Waals surface area contributed by atoms with Crippen molar-refractivity contribution in [1.82, 2.24) is 0 Å². The molecule has 0 radical (unpaired) electrons. The van der Waals surface area contributed by atoms with Gasteiger partial charge in [-0.1, -0.05) is 0 Å². The van der Waals surface area contributed by atoms with Crippen molar-refractivity contribution in [2.75, 3.05) is 0 Å². The fourth-order valence-corrected chi connectivity index (χ4v) is 2.87. The summed E-state index contributed by atoms with van der Waals surface area (Å²) in [5.74, 6) is -2.84. The van der Waals surface area contributed by atoms with Gasteiger partial charge < -0.3 is 59.8 Å². The zero-order valence-corrected chi connectivity index (χ0v) is 18.0. The van der Waals surface area contributed by atoms with Crippen molar-refractivity contribution in [3.8, 4) is 0 Å². The first-order valence-electron chi connectivity index (χ1n) is 9.84. The van der Waals surface area contributed by atoms with E-state index in [9.17, 15) is 40.2 Å². The van der Waals surface area contributed by atoms with Gasteiger partial charge in [0.25, 0.3) is 0 Å².